The molecule has 104 valence electrons. The van der Waals surface area contributed by atoms with Crippen LogP contribution in [0.4, 0.5) is 0 Å². The van der Waals surface area contributed by atoms with Crippen molar-refractivity contribution in [2.45, 2.75) is 30.9 Å². The van der Waals surface area contributed by atoms with E-state index in [4.69, 9.17) is 10.5 Å². The Bertz CT molecular complexity index is 456. The quantitative estimate of drug-likeness (QED) is 0.902. The Morgan fingerprint density at radius 1 is 1.37 bits per heavy atom. The Morgan fingerprint density at radius 2 is 2.11 bits per heavy atom. The maximum Gasteiger partial charge on any atom is 0.0933 e. The number of nitrogens with two attached hydrogens (primary N) is 1. The Hall–Kier alpha value is -0.900. The first-order valence-electron chi connectivity index (χ1n) is 7.25. The van der Waals surface area contributed by atoms with Crippen LogP contribution in [0.25, 0.3) is 0 Å². The highest BCUT2D eigenvalue weighted by Crippen LogP contribution is 2.52. The number of hydrogen-bond donors (Lipinski definition) is 1. The second kappa shape index (κ2) is 4.89. The molecule has 1 aliphatic carbocycles. The van der Waals surface area contributed by atoms with Crippen molar-refractivity contribution in [2.75, 3.05) is 27.2 Å². The molecule has 2 aliphatic rings. The molecule has 1 saturated carbocycles. The van der Waals surface area contributed by atoms with Crippen LogP contribution in [0, 0.1) is 5.92 Å². The van der Waals surface area contributed by atoms with Gasteiger partial charge in [0, 0.05) is 19.7 Å². The van der Waals surface area contributed by atoms with Gasteiger partial charge in [0.15, 0.2) is 0 Å². The van der Waals surface area contributed by atoms with Crippen molar-refractivity contribution in [1.82, 2.24) is 4.90 Å². The lowest BCUT2D eigenvalue weighted by molar-refractivity contribution is 0.0770. The molecule has 2 fully saturated rings. The van der Waals surface area contributed by atoms with E-state index in [1.807, 2.05) is 7.11 Å². The van der Waals surface area contributed by atoms with Gasteiger partial charge >= 0.3 is 0 Å². The monoisotopic (exact) mass is 260 g/mol. The zero-order valence-corrected chi connectivity index (χ0v) is 11.9. The van der Waals surface area contributed by atoms with Gasteiger partial charge in [0.05, 0.1) is 5.60 Å². The van der Waals surface area contributed by atoms with E-state index < -0.39 is 0 Å². The normalized spacial score (nSPS) is 29.6. The molecule has 1 aromatic rings. The Labute approximate surface area is 115 Å². The smallest absolute Gasteiger partial charge is 0.0933 e. The first-order chi connectivity index (χ1) is 9.20. The van der Waals surface area contributed by atoms with Gasteiger partial charge in [-0.05, 0) is 49.9 Å². The number of nitrogens with zero attached hydrogens (tertiary/aromatic N) is 1. The third kappa shape index (κ3) is 2.20. The fourth-order valence-electron chi connectivity index (χ4n) is 3.54. The summed E-state index contributed by atoms with van der Waals surface area (Å²) in [7, 11) is 4.05. The lowest BCUT2D eigenvalue weighted by Crippen LogP contribution is -2.22. The molecule has 3 nitrogen and oxygen atoms in total. The molecule has 0 radical (unpaired) electrons. The minimum atomic E-state index is -0.00175. The van der Waals surface area contributed by atoms with Gasteiger partial charge in [-0.15, -0.1) is 0 Å². The minimum absolute atomic E-state index is 0.00175. The highest BCUT2D eigenvalue weighted by Gasteiger charge is 2.47. The predicted octanol–water partition coefficient (Wildman–Crippen LogP) is 2.27. The van der Waals surface area contributed by atoms with E-state index in [-0.39, 0.29) is 5.60 Å². The molecule has 1 aliphatic heterocycles. The van der Waals surface area contributed by atoms with Crippen molar-refractivity contribution in [3.05, 3.63) is 35.4 Å². The summed E-state index contributed by atoms with van der Waals surface area (Å²) in [6.07, 6.45) is 3.47. The lowest BCUT2D eigenvalue weighted by atomic mass is 9.92. The molecule has 1 saturated heterocycles. The average Bonchev–Trinajstić information content (AvgIpc) is 3.16. The standard InChI is InChI=1S/C16H24N2O/c1-18-11-12(10-17)9-15(18)13-5-3-4-6-14(13)16(19-2)7-8-16/h3-6,12,15H,7-11,17H2,1-2H3. The van der Waals surface area contributed by atoms with Crippen molar-refractivity contribution in [1.29, 1.82) is 0 Å². The first kappa shape index (κ1) is 13.1. The van der Waals surface area contributed by atoms with Crippen LogP contribution in [0.2, 0.25) is 0 Å². The molecule has 1 heterocycles. The van der Waals surface area contributed by atoms with Crippen molar-refractivity contribution < 1.29 is 4.74 Å². The largest absolute Gasteiger partial charge is 0.374 e. The molecule has 0 spiro atoms. The molecule has 2 atom stereocenters. The summed E-state index contributed by atoms with van der Waals surface area (Å²) < 4.78 is 5.78. The molecular weight excluding hydrogens is 236 g/mol. The number of methoxy groups -OCH3 is 1. The molecule has 19 heavy (non-hydrogen) atoms. The third-order valence-electron chi connectivity index (χ3n) is 4.87. The van der Waals surface area contributed by atoms with Crippen LogP contribution >= 0.6 is 0 Å². The summed E-state index contributed by atoms with van der Waals surface area (Å²) in [5.74, 6) is 0.626. The zero-order chi connectivity index (χ0) is 13.5. The fourth-order valence-corrected chi connectivity index (χ4v) is 3.54. The number of rotatable bonds is 4. The Balaban J connectivity index is 1.93. The van der Waals surface area contributed by atoms with Crippen LogP contribution in [0.5, 0.6) is 0 Å². The van der Waals surface area contributed by atoms with E-state index in [1.165, 1.54) is 17.5 Å². The number of hydrogen-bond acceptors (Lipinski definition) is 3. The third-order valence-corrected chi connectivity index (χ3v) is 4.87. The molecular formula is C16H24N2O. The van der Waals surface area contributed by atoms with Gasteiger partial charge in [-0.25, -0.2) is 0 Å². The van der Waals surface area contributed by atoms with Crippen LogP contribution in [0.3, 0.4) is 0 Å². The molecule has 3 heteroatoms. The molecule has 2 unspecified atom stereocenters. The first-order valence-corrected chi connectivity index (χ1v) is 7.25. The molecule has 3 rings (SSSR count). The summed E-state index contributed by atoms with van der Waals surface area (Å²) in [5.41, 5.74) is 8.69. The van der Waals surface area contributed by atoms with E-state index in [1.54, 1.807) is 0 Å². The summed E-state index contributed by atoms with van der Waals surface area (Å²) in [5, 5.41) is 0. The molecule has 0 aromatic heterocycles. The highest BCUT2D eigenvalue weighted by atomic mass is 16.5. The van der Waals surface area contributed by atoms with Crippen LogP contribution in [-0.2, 0) is 10.3 Å². The summed E-state index contributed by atoms with van der Waals surface area (Å²) >= 11 is 0. The highest BCUT2D eigenvalue weighted by molar-refractivity contribution is 5.38. The molecule has 0 bridgehead atoms. The van der Waals surface area contributed by atoms with Gasteiger partial charge in [-0.2, -0.15) is 0 Å². The van der Waals surface area contributed by atoms with Crippen LogP contribution in [-0.4, -0.2) is 32.1 Å². The van der Waals surface area contributed by atoms with Gasteiger partial charge < -0.3 is 10.5 Å². The summed E-state index contributed by atoms with van der Waals surface area (Å²) in [4.78, 5) is 2.45. The van der Waals surface area contributed by atoms with E-state index in [0.29, 0.717) is 12.0 Å². The second-order valence-corrected chi connectivity index (χ2v) is 6.08. The van der Waals surface area contributed by atoms with Gasteiger partial charge in [-0.3, -0.25) is 4.90 Å². The topological polar surface area (TPSA) is 38.5 Å². The number of likely N-dealkylation sites (tertiary alicyclic amines) is 1. The van der Waals surface area contributed by atoms with E-state index in [0.717, 1.165) is 25.9 Å². The maximum atomic E-state index is 5.85. The van der Waals surface area contributed by atoms with Gasteiger partial charge in [-0.1, -0.05) is 24.3 Å². The lowest BCUT2D eigenvalue weighted by Gasteiger charge is -2.26. The molecule has 0 amide bonds. The summed E-state index contributed by atoms with van der Waals surface area (Å²) in [6, 6.07) is 9.29. The van der Waals surface area contributed by atoms with Crippen LogP contribution < -0.4 is 5.73 Å². The van der Waals surface area contributed by atoms with Gasteiger partial charge in [0.2, 0.25) is 0 Å². The Morgan fingerprint density at radius 3 is 2.68 bits per heavy atom. The van der Waals surface area contributed by atoms with E-state index >= 15 is 0 Å². The van der Waals surface area contributed by atoms with Crippen LogP contribution in [0.1, 0.15) is 36.4 Å². The maximum absolute atomic E-state index is 5.85. The van der Waals surface area contributed by atoms with Gasteiger partial charge in [0.1, 0.15) is 0 Å². The second-order valence-electron chi connectivity index (χ2n) is 6.08. The van der Waals surface area contributed by atoms with Crippen molar-refractivity contribution in [2.24, 2.45) is 11.7 Å². The van der Waals surface area contributed by atoms with E-state index in [2.05, 4.69) is 36.2 Å². The fraction of sp³-hybridized carbons (Fsp3) is 0.625. The van der Waals surface area contributed by atoms with Crippen molar-refractivity contribution >= 4 is 0 Å². The number of ether oxygens (including phenoxy) is 1. The van der Waals surface area contributed by atoms with Gasteiger partial charge in [0.25, 0.3) is 0 Å². The average molecular weight is 260 g/mol. The molecule has 2 N–H and O–H groups in total. The summed E-state index contributed by atoms with van der Waals surface area (Å²) in [6.45, 7) is 1.90. The minimum Gasteiger partial charge on any atom is -0.374 e. The van der Waals surface area contributed by atoms with Crippen LogP contribution in [0.15, 0.2) is 24.3 Å². The zero-order valence-electron chi connectivity index (χ0n) is 11.9. The van der Waals surface area contributed by atoms with E-state index in [9.17, 15) is 0 Å². The van der Waals surface area contributed by atoms with Crippen molar-refractivity contribution in [3.63, 3.8) is 0 Å². The Kier molecular flexibility index (Phi) is 3.37. The van der Waals surface area contributed by atoms with Crippen molar-refractivity contribution in [3.8, 4) is 0 Å². The SMILES string of the molecule is COC1(c2ccccc2C2CC(CN)CN2C)CC1. The molecule has 1 aromatic carbocycles. The predicted molar refractivity (Wildman–Crippen MR) is 76.9 cm³/mol. The number of benzene rings is 1.